The van der Waals surface area contributed by atoms with E-state index in [1.165, 1.54) is 6.07 Å². The van der Waals surface area contributed by atoms with Gasteiger partial charge in [0.05, 0.1) is 25.0 Å². The van der Waals surface area contributed by atoms with Gasteiger partial charge in [-0.05, 0) is 17.7 Å². The Labute approximate surface area is 155 Å². The van der Waals surface area contributed by atoms with Crippen LogP contribution in [0.25, 0.3) is 0 Å². The Kier molecular flexibility index (Phi) is 6.00. The third-order valence-electron chi connectivity index (χ3n) is 4.38. The molecule has 2 aromatic rings. The summed E-state index contributed by atoms with van der Waals surface area (Å²) < 4.78 is 46.6. The van der Waals surface area contributed by atoms with E-state index in [4.69, 9.17) is 4.74 Å². The second-order valence-electron chi connectivity index (χ2n) is 6.20. The van der Waals surface area contributed by atoms with Gasteiger partial charge in [0.25, 0.3) is 0 Å². The Bertz CT molecular complexity index is 761. The summed E-state index contributed by atoms with van der Waals surface area (Å²) in [5.74, 6) is 0.704. The van der Waals surface area contributed by atoms with Crippen molar-refractivity contribution in [3.63, 3.8) is 0 Å². The molecular formula is C18H22F3N5O. The van der Waals surface area contributed by atoms with Crippen molar-refractivity contribution < 1.29 is 17.9 Å². The minimum atomic E-state index is -4.37. The molecule has 0 spiro atoms. The maximum absolute atomic E-state index is 13.0. The van der Waals surface area contributed by atoms with E-state index in [2.05, 4.69) is 15.3 Å². The molecule has 1 aromatic heterocycles. The number of imidazole rings is 1. The van der Waals surface area contributed by atoms with Crippen molar-refractivity contribution in [3.05, 3.63) is 54.1 Å². The van der Waals surface area contributed by atoms with Crippen LogP contribution in [-0.2, 0) is 17.5 Å². The number of morpholine rings is 1. The smallest absolute Gasteiger partial charge is 0.370 e. The largest absolute Gasteiger partial charge is 0.416 e. The highest BCUT2D eigenvalue weighted by molar-refractivity contribution is 5.80. The van der Waals surface area contributed by atoms with E-state index < -0.39 is 17.8 Å². The minimum Gasteiger partial charge on any atom is -0.370 e. The first-order valence-electron chi connectivity index (χ1n) is 8.67. The summed E-state index contributed by atoms with van der Waals surface area (Å²) in [6.45, 7) is 2.88. The van der Waals surface area contributed by atoms with Crippen molar-refractivity contribution in [1.29, 1.82) is 0 Å². The van der Waals surface area contributed by atoms with Gasteiger partial charge in [0.1, 0.15) is 6.10 Å². The highest BCUT2D eigenvalue weighted by atomic mass is 19.4. The third-order valence-corrected chi connectivity index (χ3v) is 4.38. The first-order valence-corrected chi connectivity index (χ1v) is 8.67. The zero-order chi connectivity index (χ0) is 19.3. The number of rotatable bonds is 4. The number of benzene rings is 1. The minimum absolute atomic E-state index is 0.420. The van der Waals surface area contributed by atoms with Crippen LogP contribution in [0.5, 0.6) is 0 Å². The average molecular weight is 381 g/mol. The zero-order valence-electron chi connectivity index (χ0n) is 15.0. The Morgan fingerprint density at radius 3 is 2.96 bits per heavy atom. The number of alkyl halides is 3. The fourth-order valence-electron chi connectivity index (χ4n) is 3.01. The van der Waals surface area contributed by atoms with Crippen molar-refractivity contribution in [3.8, 4) is 0 Å². The van der Waals surface area contributed by atoms with Crippen LogP contribution in [0.4, 0.5) is 13.2 Å². The molecule has 0 radical (unpaired) electrons. The van der Waals surface area contributed by atoms with Gasteiger partial charge in [-0.3, -0.25) is 4.99 Å². The summed E-state index contributed by atoms with van der Waals surface area (Å²) in [5, 5.41) is 3.28. The van der Waals surface area contributed by atoms with Crippen molar-refractivity contribution in [2.24, 2.45) is 4.99 Å². The second kappa shape index (κ2) is 8.43. The summed E-state index contributed by atoms with van der Waals surface area (Å²) in [5.41, 5.74) is -0.146. The van der Waals surface area contributed by atoms with Crippen LogP contribution >= 0.6 is 0 Å². The molecule has 2 heterocycles. The van der Waals surface area contributed by atoms with Gasteiger partial charge in [-0.2, -0.15) is 13.2 Å². The fourth-order valence-corrected chi connectivity index (χ4v) is 3.01. The number of guanidine groups is 1. The second-order valence-corrected chi connectivity index (χ2v) is 6.20. The van der Waals surface area contributed by atoms with Crippen molar-refractivity contribution in [2.45, 2.75) is 18.8 Å². The number of hydrogen-bond acceptors (Lipinski definition) is 3. The molecule has 3 rings (SSSR count). The van der Waals surface area contributed by atoms with Gasteiger partial charge in [-0.15, -0.1) is 0 Å². The molecule has 146 valence electrons. The Hall–Kier alpha value is -2.55. The lowest BCUT2D eigenvalue weighted by atomic mass is 10.0. The molecule has 1 atom stereocenters. The molecular weight excluding hydrogens is 359 g/mol. The maximum atomic E-state index is 13.0. The van der Waals surface area contributed by atoms with E-state index in [0.29, 0.717) is 37.8 Å². The van der Waals surface area contributed by atoms with Gasteiger partial charge in [0, 0.05) is 39.1 Å². The van der Waals surface area contributed by atoms with Crippen LogP contribution in [0.15, 0.2) is 48.0 Å². The average Bonchev–Trinajstić information content (AvgIpc) is 3.18. The summed E-state index contributed by atoms with van der Waals surface area (Å²) in [7, 11) is 1.69. The number of aromatic nitrogens is 2. The van der Waals surface area contributed by atoms with Crippen LogP contribution in [0.1, 0.15) is 17.2 Å². The molecule has 6 nitrogen and oxygen atoms in total. The monoisotopic (exact) mass is 381 g/mol. The summed E-state index contributed by atoms with van der Waals surface area (Å²) in [6, 6.07) is 5.31. The molecule has 27 heavy (non-hydrogen) atoms. The highest BCUT2D eigenvalue weighted by Gasteiger charge is 2.32. The third kappa shape index (κ3) is 5.00. The van der Waals surface area contributed by atoms with Crippen LogP contribution < -0.4 is 5.32 Å². The van der Waals surface area contributed by atoms with Gasteiger partial charge in [-0.1, -0.05) is 12.1 Å². The topological polar surface area (TPSA) is 54.7 Å². The quantitative estimate of drug-likeness (QED) is 0.653. The molecule has 0 bridgehead atoms. The van der Waals surface area contributed by atoms with Crippen LogP contribution in [-0.4, -0.2) is 53.7 Å². The lowest BCUT2D eigenvalue weighted by Gasteiger charge is -2.35. The molecule has 0 saturated carbocycles. The summed E-state index contributed by atoms with van der Waals surface area (Å²) >= 11 is 0. The molecule has 1 N–H and O–H groups in total. The molecule has 0 aliphatic carbocycles. The van der Waals surface area contributed by atoms with E-state index >= 15 is 0 Å². The first kappa shape index (κ1) is 19.2. The predicted octanol–water partition coefficient (Wildman–Crippen LogP) is 2.55. The number of ether oxygens (including phenoxy) is 1. The van der Waals surface area contributed by atoms with E-state index in [0.717, 1.165) is 18.7 Å². The maximum Gasteiger partial charge on any atom is 0.416 e. The van der Waals surface area contributed by atoms with E-state index in [-0.39, 0.29) is 0 Å². The summed E-state index contributed by atoms with van der Waals surface area (Å²) in [4.78, 5) is 10.3. The van der Waals surface area contributed by atoms with E-state index in [1.54, 1.807) is 25.6 Å². The first-order chi connectivity index (χ1) is 13.0. The normalized spacial score (nSPS) is 18.6. The molecule has 1 aliphatic rings. The van der Waals surface area contributed by atoms with E-state index in [9.17, 15) is 13.2 Å². The lowest BCUT2D eigenvalue weighted by molar-refractivity contribution is -0.137. The van der Waals surface area contributed by atoms with Crippen LogP contribution in [0, 0.1) is 0 Å². The van der Waals surface area contributed by atoms with Crippen LogP contribution in [0.3, 0.4) is 0 Å². The molecule has 1 saturated heterocycles. The highest BCUT2D eigenvalue weighted by Crippen LogP contribution is 2.32. The van der Waals surface area contributed by atoms with E-state index in [1.807, 2.05) is 15.7 Å². The van der Waals surface area contributed by atoms with Gasteiger partial charge in [0.2, 0.25) is 0 Å². The molecule has 1 aromatic carbocycles. The Morgan fingerprint density at radius 2 is 2.26 bits per heavy atom. The Balaban J connectivity index is 1.62. The van der Waals surface area contributed by atoms with Crippen molar-refractivity contribution in [1.82, 2.24) is 19.8 Å². The van der Waals surface area contributed by atoms with Crippen molar-refractivity contribution in [2.75, 3.05) is 33.3 Å². The molecule has 9 heteroatoms. The molecule has 0 amide bonds. The lowest BCUT2D eigenvalue weighted by Crippen LogP contribution is -2.48. The molecule has 1 aliphatic heterocycles. The van der Waals surface area contributed by atoms with Gasteiger partial charge >= 0.3 is 6.18 Å². The summed E-state index contributed by atoms with van der Waals surface area (Å²) in [6.07, 6.45) is 0.533. The number of hydrogen-bond donors (Lipinski definition) is 1. The standard InChI is InChI=1S/C18H22F3N5O/c1-22-17(24-6-8-25-7-5-23-13-25)26-9-10-27-16(12-26)14-3-2-4-15(11-14)18(19,20)21/h2-5,7,11,13,16H,6,8-10,12H2,1H3,(H,22,24). The zero-order valence-corrected chi connectivity index (χ0v) is 15.0. The fraction of sp³-hybridized carbons (Fsp3) is 0.444. The van der Waals surface area contributed by atoms with Crippen LogP contribution in [0.2, 0.25) is 0 Å². The Morgan fingerprint density at radius 1 is 1.41 bits per heavy atom. The molecule has 1 unspecified atom stereocenters. The number of halogens is 3. The predicted molar refractivity (Wildman–Crippen MR) is 95.3 cm³/mol. The number of nitrogens with zero attached hydrogens (tertiary/aromatic N) is 4. The number of aliphatic imine (C=N–C) groups is 1. The van der Waals surface area contributed by atoms with Crippen molar-refractivity contribution >= 4 is 5.96 Å². The van der Waals surface area contributed by atoms with Gasteiger partial charge < -0.3 is 19.5 Å². The molecule has 1 fully saturated rings. The SMILES string of the molecule is CN=C(NCCn1ccnc1)N1CCOC(c2cccc(C(F)(F)F)c2)C1. The van der Waals surface area contributed by atoms with Gasteiger partial charge in [0.15, 0.2) is 5.96 Å². The number of nitrogens with one attached hydrogen (secondary N) is 1. The van der Waals surface area contributed by atoms with Gasteiger partial charge in [-0.25, -0.2) is 4.98 Å².